The van der Waals surface area contributed by atoms with E-state index < -0.39 is 0 Å². The van der Waals surface area contributed by atoms with Crippen molar-refractivity contribution in [1.82, 2.24) is 15.2 Å². The summed E-state index contributed by atoms with van der Waals surface area (Å²) in [5.74, 6) is 0.135. The first-order valence-corrected chi connectivity index (χ1v) is 9.28. The zero-order valence-electron chi connectivity index (χ0n) is 14.8. The molecule has 0 radical (unpaired) electrons. The molecule has 0 spiro atoms. The lowest BCUT2D eigenvalue weighted by atomic mass is 10.1. The van der Waals surface area contributed by atoms with Gasteiger partial charge in [0.2, 0.25) is 11.8 Å². The Hall–Kier alpha value is -2.69. The summed E-state index contributed by atoms with van der Waals surface area (Å²) in [6.07, 6.45) is 5.11. The third-order valence-electron chi connectivity index (χ3n) is 5.28. The minimum atomic E-state index is -0.142. The molecule has 1 aliphatic heterocycles. The van der Waals surface area contributed by atoms with Gasteiger partial charge in [-0.3, -0.25) is 14.6 Å². The van der Waals surface area contributed by atoms with Gasteiger partial charge in [0.15, 0.2) is 0 Å². The van der Waals surface area contributed by atoms with Gasteiger partial charge in [0.25, 0.3) is 0 Å². The second-order valence-electron chi connectivity index (χ2n) is 7.10. The van der Waals surface area contributed by atoms with E-state index in [9.17, 15) is 9.59 Å². The molecule has 2 aromatic rings. The van der Waals surface area contributed by atoms with Crippen LogP contribution < -0.4 is 5.32 Å². The van der Waals surface area contributed by atoms with Crippen LogP contribution in [0.5, 0.6) is 0 Å². The Labute approximate surface area is 153 Å². The molecule has 2 aliphatic rings. The van der Waals surface area contributed by atoms with Crippen LogP contribution in [0, 0.1) is 0 Å². The zero-order chi connectivity index (χ0) is 17.9. The number of aromatic nitrogens is 1. The van der Waals surface area contributed by atoms with Crippen LogP contribution in [0.15, 0.2) is 42.6 Å². The van der Waals surface area contributed by atoms with Crippen molar-refractivity contribution in [3.63, 3.8) is 0 Å². The Morgan fingerprint density at radius 3 is 2.92 bits per heavy atom. The summed E-state index contributed by atoms with van der Waals surface area (Å²) in [7, 11) is 0. The van der Waals surface area contributed by atoms with Gasteiger partial charge in [-0.15, -0.1) is 0 Å². The van der Waals surface area contributed by atoms with Gasteiger partial charge in [0.1, 0.15) is 0 Å². The van der Waals surface area contributed by atoms with Crippen LogP contribution in [0.2, 0.25) is 0 Å². The highest BCUT2D eigenvalue weighted by molar-refractivity contribution is 5.84. The Morgan fingerprint density at radius 2 is 2.08 bits per heavy atom. The number of carbonyl (C=O) groups is 2. The number of fused-ring (bicyclic) bond motifs is 1. The van der Waals surface area contributed by atoms with Gasteiger partial charge in [0, 0.05) is 32.3 Å². The standard InChI is InChI=1S/C21H23N3O2/c25-19-7-3-11-24(19)14-16-5-1-4-15(12-16)13-23-21(26)18-9-8-17-6-2-10-22-20(17)18/h1-2,4-6,10,12,18H,3,7-9,11,13-14H2,(H,23,26). The van der Waals surface area contributed by atoms with E-state index in [0.717, 1.165) is 42.6 Å². The topological polar surface area (TPSA) is 62.3 Å². The molecule has 1 aromatic heterocycles. The van der Waals surface area contributed by atoms with Gasteiger partial charge in [-0.1, -0.05) is 30.3 Å². The Morgan fingerprint density at radius 1 is 1.19 bits per heavy atom. The summed E-state index contributed by atoms with van der Waals surface area (Å²) in [6, 6.07) is 12.1. The fraction of sp³-hybridized carbons (Fsp3) is 0.381. The van der Waals surface area contributed by atoms with Gasteiger partial charge >= 0.3 is 0 Å². The first kappa shape index (κ1) is 16.8. The Balaban J connectivity index is 1.37. The summed E-state index contributed by atoms with van der Waals surface area (Å²) in [5.41, 5.74) is 4.28. The number of hydrogen-bond donors (Lipinski definition) is 1. The van der Waals surface area contributed by atoms with Crippen molar-refractivity contribution in [2.24, 2.45) is 0 Å². The Kier molecular flexibility index (Phi) is 4.69. The number of hydrogen-bond acceptors (Lipinski definition) is 3. The van der Waals surface area contributed by atoms with Gasteiger partial charge < -0.3 is 10.2 Å². The highest BCUT2D eigenvalue weighted by atomic mass is 16.2. The van der Waals surface area contributed by atoms with E-state index in [0.29, 0.717) is 19.5 Å². The lowest BCUT2D eigenvalue weighted by molar-refractivity contribution is -0.128. The number of benzene rings is 1. The molecule has 1 saturated heterocycles. The smallest absolute Gasteiger partial charge is 0.229 e. The number of likely N-dealkylation sites (tertiary alicyclic amines) is 1. The maximum Gasteiger partial charge on any atom is 0.229 e. The molecular formula is C21H23N3O2. The van der Waals surface area contributed by atoms with Crippen molar-refractivity contribution < 1.29 is 9.59 Å². The van der Waals surface area contributed by atoms with Crippen molar-refractivity contribution in [2.45, 2.75) is 44.7 Å². The predicted octanol–water partition coefficient (Wildman–Crippen LogP) is 2.55. The van der Waals surface area contributed by atoms with Crippen LogP contribution in [0.25, 0.3) is 0 Å². The largest absolute Gasteiger partial charge is 0.351 e. The van der Waals surface area contributed by atoms with E-state index in [4.69, 9.17) is 0 Å². The number of rotatable bonds is 5. The second-order valence-corrected chi connectivity index (χ2v) is 7.10. The molecule has 2 heterocycles. The van der Waals surface area contributed by atoms with Crippen LogP contribution in [0.1, 0.15) is 47.6 Å². The van der Waals surface area contributed by atoms with Gasteiger partial charge in [-0.2, -0.15) is 0 Å². The summed E-state index contributed by atoms with van der Waals surface area (Å²) < 4.78 is 0. The molecule has 1 aromatic carbocycles. The minimum Gasteiger partial charge on any atom is -0.351 e. The zero-order valence-corrected chi connectivity index (χ0v) is 14.8. The first-order valence-electron chi connectivity index (χ1n) is 9.28. The minimum absolute atomic E-state index is 0.0440. The maximum absolute atomic E-state index is 12.6. The van der Waals surface area contributed by atoms with Crippen LogP contribution in [-0.4, -0.2) is 28.2 Å². The SMILES string of the molecule is O=C(NCc1cccc(CN2CCCC2=O)c1)C1CCc2cccnc21. The third kappa shape index (κ3) is 3.47. The molecule has 1 atom stereocenters. The van der Waals surface area contributed by atoms with E-state index in [1.54, 1.807) is 6.20 Å². The monoisotopic (exact) mass is 349 g/mol. The molecule has 1 aliphatic carbocycles. The molecule has 1 fully saturated rings. The molecule has 2 amide bonds. The fourth-order valence-electron chi connectivity index (χ4n) is 3.91. The number of amides is 2. The average molecular weight is 349 g/mol. The summed E-state index contributed by atoms with van der Waals surface area (Å²) in [5, 5.41) is 3.05. The Bertz CT molecular complexity index is 834. The van der Waals surface area contributed by atoms with Crippen molar-refractivity contribution in [3.05, 3.63) is 65.0 Å². The molecule has 1 unspecified atom stereocenters. The average Bonchev–Trinajstić information content (AvgIpc) is 3.27. The van der Waals surface area contributed by atoms with E-state index in [1.807, 2.05) is 29.2 Å². The fourth-order valence-corrected chi connectivity index (χ4v) is 3.91. The van der Waals surface area contributed by atoms with Gasteiger partial charge in [-0.25, -0.2) is 0 Å². The molecule has 0 saturated carbocycles. The molecule has 5 heteroatoms. The molecule has 5 nitrogen and oxygen atoms in total. The van der Waals surface area contributed by atoms with Crippen molar-refractivity contribution >= 4 is 11.8 Å². The van der Waals surface area contributed by atoms with Crippen molar-refractivity contribution in [1.29, 1.82) is 0 Å². The van der Waals surface area contributed by atoms with Gasteiger partial charge in [0.05, 0.1) is 11.6 Å². The highest BCUT2D eigenvalue weighted by Crippen LogP contribution is 2.31. The molecule has 26 heavy (non-hydrogen) atoms. The molecular weight excluding hydrogens is 326 g/mol. The first-order chi connectivity index (χ1) is 12.7. The number of nitrogens with one attached hydrogen (secondary N) is 1. The summed E-state index contributed by atoms with van der Waals surface area (Å²) in [4.78, 5) is 30.7. The summed E-state index contributed by atoms with van der Waals surface area (Å²) >= 11 is 0. The van der Waals surface area contributed by atoms with Gasteiger partial charge in [-0.05, 0) is 42.0 Å². The van der Waals surface area contributed by atoms with Crippen molar-refractivity contribution in [2.75, 3.05) is 6.54 Å². The third-order valence-corrected chi connectivity index (χ3v) is 5.28. The summed E-state index contributed by atoms with van der Waals surface area (Å²) in [6.45, 7) is 1.99. The molecule has 134 valence electrons. The van der Waals surface area contributed by atoms with E-state index >= 15 is 0 Å². The normalized spacial score (nSPS) is 18.8. The maximum atomic E-state index is 12.6. The lowest BCUT2D eigenvalue weighted by Gasteiger charge is -2.16. The predicted molar refractivity (Wildman–Crippen MR) is 98.2 cm³/mol. The van der Waals surface area contributed by atoms with Crippen LogP contribution in [-0.2, 0) is 29.1 Å². The van der Waals surface area contributed by atoms with E-state index in [-0.39, 0.29) is 17.7 Å². The van der Waals surface area contributed by atoms with E-state index in [2.05, 4.69) is 22.4 Å². The van der Waals surface area contributed by atoms with E-state index in [1.165, 1.54) is 5.56 Å². The second kappa shape index (κ2) is 7.28. The highest BCUT2D eigenvalue weighted by Gasteiger charge is 2.29. The number of pyridine rings is 1. The lowest BCUT2D eigenvalue weighted by Crippen LogP contribution is -2.28. The molecule has 1 N–H and O–H groups in total. The van der Waals surface area contributed by atoms with Crippen LogP contribution in [0.4, 0.5) is 0 Å². The number of nitrogens with zero attached hydrogens (tertiary/aromatic N) is 2. The van der Waals surface area contributed by atoms with Crippen LogP contribution >= 0.6 is 0 Å². The molecule has 0 bridgehead atoms. The number of carbonyl (C=O) groups excluding carboxylic acids is 2. The quantitative estimate of drug-likeness (QED) is 0.902. The van der Waals surface area contributed by atoms with Crippen LogP contribution in [0.3, 0.4) is 0 Å². The number of aryl methyl sites for hydroxylation is 1. The van der Waals surface area contributed by atoms with Crippen molar-refractivity contribution in [3.8, 4) is 0 Å². The molecule has 4 rings (SSSR count).